The van der Waals surface area contributed by atoms with Crippen molar-refractivity contribution >= 4 is 35.0 Å². The number of primary amides is 1. The fraction of sp³-hybridized carbons (Fsp3) is 0.379. The molecule has 2 N–H and O–H groups in total. The maximum Gasteiger partial charge on any atom is 0.274 e. The van der Waals surface area contributed by atoms with Crippen LogP contribution in [0.5, 0.6) is 0 Å². The Hall–Kier alpha value is -3.04. The van der Waals surface area contributed by atoms with Crippen molar-refractivity contribution < 1.29 is 14.3 Å². The van der Waals surface area contributed by atoms with Crippen LogP contribution < -0.4 is 5.73 Å². The Kier molecular flexibility index (Phi) is 8.19. The monoisotopic (exact) mass is 567 g/mol. The van der Waals surface area contributed by atoms with Crippen molar-refractivity contribution in [2.24, 2.45) is 5.73 Å². The third-order valence-electron chi connectivity index (χ3n) is 8.04. The number of rotatable bonds is 7. The second-order valence-corrected chi connectivity index (χ2v) is 11.0. The lowest BCUT2D eigenvalue weighted by molar-refractivity contribution is -0.126. The van der Waals surface area contributed by atoms with E-state index < -0.39 is 11.0 Å². The first-order valence-corrected chi connectivity index (χ1v) is 13.8. The van der Waals surface area contributed by atoms with E-state index in [0.29, 0.717) is 61.2 Å². The maximum absolute atomic E-state index is 13.3. The van der Waals surface area contributed by atoms with Gasteiger partial charge in [0.2, 0.25) is 5.91 Å². The van der Waals surface area contributed by atoms with Gasteiger partial charge < -0.3 is 20.3 Å². The topological polar surface area (TPSA) is 102 Å². The molecule has 0 saturated carbocycles. The molecule has 2 aromatic carbocycles. The number of carbonyl (C=O) groups is 2. The number of carbonyl (C=O) groups excluding carboxylic acids is 2. The SMILES string of the molecule is NC(=O)C1(c2ccccc2)CCN(CCC2(c3ccc(Cl)c(Cl)c3)CN(C(=O)c3cnccn3)CCO2)CC1. The van der Waals surface area contributed by atoms with Gasteiger partial charge in [0.15, 0.2) is 0 Å². The highest BCUT2D eigenvalue weighted by atomic mass is 35.5. The molecule has 2 aliphatic heterocycles. The molecule has 39 heavy (non-hydrogen) atoms. The average Bonchev–Trinajstić information content (AvgIpc) is 2.98. The van der Waals surface area contributed by atoms with Crippen LogP contribution in [0.2, 0.25) is 10.0 Å². The van der Waals surface area contributed by atoms with Crippen molar-refractivity contribution in [1.82, 2.24) is 19.8 Å². The summed E-state index contributed by atoms with van der Waals surface area (Å²) in [6.07, 6.45) is 6.43. The zero-order chi connectivity index (χ0) is 27.5. The Balaban J connectivity index is 1.35. The minimum Gasteiger partial charge on any atom is -0.369 e. The summed E-state index contributed by atoms with van der Waals surface area (Å²) < 4.78 is 6.47. The standard InChI is InChI=1S/C29H31Cl2N5O3/c30-23-7-6-22(18-24(23)31)29(20-36(16-17-39-29)26(37)25-19-33-11-12-34-25)10-15-35-13-8-28(9-14-35,27(32)38)21-4-2-1-3-5-21/h1-7,11-12,18-19H,8-10,13-17,20H2,(H2,32,38). The van der Waals surface area contributed by atoms with Crippen LogP contribution in [0.3, 0.4) is 0 Å². The van der Waals surface area contributed by atoms with E-state index >= 15 is 0 Å². The van der Waals surface area contributed by atoms with Gasteiger partial charge in [0.25, 0.3) is 5.91 Å². The molecule has 5 rings (SSSR count). The molecule has 2 aliphatic rings. The maximum atomic E-state index is 13.3. The minimum absolute atomic E-state index is 0.192. The third-order valence-corrected chi connectivity index (χ3v) is 8.78. The summed E-state index contributed by atoms with van der Waals surface area (Å²) in [7, 11) is 0. The van der Waals surface area contributed by atoms with Crippen LogP contribution in [-0.4, -0.2) is 70.9 Å². The molecule has 0 radical (unpaired) electrons. The summed E-state index contributed by atoms with van der Waals surface area (Å²) in [6.45, 7) is 3.29. The van der Waals surface area contributed by atoms with Gasteiger partial charge in [0.1, 0.15) is 11.3 Å². The number of hydrogen-bond acceptors (Lipinski definition) is 6. The lowest BCUT2D eigenvalue weighted by Gasteiger charge is -2.45. The number of benzene rings is 2. The highest BCUT2D eigenvalue weighted by Gasteiger charge is 2.44. The van der Waals surface area contributed by atoms with Crippen LogP contribution >= 0.6 is 23.2 Å². The zero-order valence-electron chi connectivity index (χ0n) is 21.6. The molecule has 1 atom stereocenters. The Morgan fingerprint density at radius 2 is 1.74 bits per heavy atom. The molecule has 0 bridgehead atoms. The number of ether oxygens (including phenoxy) is 1. The molecule has 2 fully saturated rings. The lowest BCUT2D eigenvalue weighted by Crippen LogP contribution is -2.54. The number of nitrogens with two attached hydrogens (primary N) is 1. The van der Waals surface area contributed by atoms with E-state index in [2.05, 4.69) is 14.9 Å². The van der Waals surface area contributed by atoms with Gasteiger partial charge >= 0.3 is 0 Å². The molecule has 1 aromatic heterocycles. The molecule has 0 aliphatic carbocycles. The van der Waals surface area contributed by atoms with Crippen molar-refractivity contribution in [2.75, 3.05) is 39.3 Å². The molecule has 10 heteroatoms. The second kappa shape index (κ2) is 11.6. The molecule has 2 saturated heterocycles. The van der Waals surface area contributed by atoms with Crippen molar-refractivity contribution in [3.8, 4) is 0 Å². The van der Waals surface area contributed by atoms with Crippen molar-refractivity contribution in [1.29, 1.82) is 0 Å². The first-order valence-electron chi connectivity index (χ1n) is 13.1. The molecule has 3 aromatic rings. The summed E-state index contributed by atoms with van der Waals surface area (Å²) in [5.74, 6) is -0.475. The third kappa shape index (κ3) is 5.65. The van der Waals surface area contributed by atoms with Crippen LogP contribution in [0.15, 0.2) is 67.1 Å². The van der Waals surface area contributed by atoms with E-state index in [0.717, 1.165) is 24.2 Å². The van der Waals surface area contributed by atoms with Crippen LogP contribution in [0.1, 0.15) is 40.9 Å². The first-order chi connectivity index (χ1) is 18.8. The molecule has 0 spiro atoms. The predicted octanol–water partition coefficient (Wildman–Crippen LogP) is 4.06. The average molecular weight is 569 g/mol. The number of halogens is 2. The van der Waals surface area contributed by atoms with E-state index in [-0.39, 0.29) is 11.8 Å². The molecule has 1 unspecified atom stereocenters. The number of aromatic nitrogens is 2. The highest BCUT2D eigenvalue weighted by molar-refractivity contribution is 6.42. The summed E-state index contributed by atoms with van der Waals surface area (Å²) in [6, 6.07) is 15.3. The fourth-order valence-corrected chi connectivity index (χ4v) is 6.01. The normalized spacial score (nSPS) is 21.4. The number of hydrogen-bond donors (Lipinski definition) is 1. The van der Waals surface area contributed by atoms with E-state index in [4.69, 9.17) is 33.7 Å². The number of amides is 2. The van der Waals surface area contributed by atoms with Crippen LogP contribution in [0.25, 0.3) is 0 Å². The fourth-order valence-electron chi connectivity index (χ4n) is 5.71. The van der Waals surface area contributed by atoms with Crippen LogP contribution in [-0.2, 0) is 20.5 Å². The molecular formula is C29H31Cl2N5O3. The summed E-state index contributed by atoms with van der Waals surface area (Å²) >= 11 is 12.6. The Morgan fingerprint density at radius 1 is 0.974 bits per heavy atom. The van der Waals surface area contributed by atoms with Gasteiger partial charge in [-0.15, -0.1) is 0 Å². The summed E-state index contributed by atoms with van der Waals surface area (Å²) in [4.78, 5) is 38.2. The molecule has 3 heterocycles. The number of likely N-dealkylation sites (tertiary alicyclic amines) is 1. The van der Waals surface area contributed by atoms with Crippen LogP contribution in [0.4, 0.5) is 0 Å². The van der Waals surface area contributed by atoms with E-state index in [1.165, 1.54) is 12.4 Å². The molecule has 2 amide bonds. The van der Waals surface area contributed by atoms with Crippen molar-refractivity contribution in [3.05, 3.63) is 94.0 Å². The Bertz CT molecular complexity index is 1320. The van der Waals surface area contributed by atoms with E-state index in [9.17, 15) is 9.59 Å². The van der Waals surface area contributed by atoms with Gasteiger partial charge in [-0.2, -0.15) is 0 Å². The first kappa shape index (κ1) is 27.5. The minimum atomic E-state index is -0.790. The lowest BCUT2D eigenvalue weighted by atomic mass is 9.72. The van der Waals surface area contributed by atoms with Crippen molar-refractivity contribution in [3.63, 3.8) is 0 Å². The van der Waals surface area contributed by atoms with Gasteiger partial charge in [0.05, 0.1) is 34.8 Å². The van der Waals surface area contributed by atoms with Gasteiger partial charge in [0, 0.05) is 25.5 Å². The predicted molar refractivity (Wildman–Crippen MR) is 150 cm³/mol. The number of piperidine rings is 1. The molecular weight excluding hydrogens is 537 g/mol. The zero-order valence-corrected chi connectivity index (χ0v) is 23.1. The van der Waals surface area contributed by atoms with Gasteiger partial charge in [-0.3, -0.25) is 14.6 Å². The van der Waals surface area contributed by atoms with Crippen molar-refractivity contribution in [2.45, 2.75) is 30.3 Å². The van der Waals surface area contributed by atoms with Gasteiger partial charge in [-0.25, -0.2) is 4.98 Å². The van der Waals surface area contributed by atoms with Gasteiger partial charge in [-0.05, 0) is 55.6 Å². The molecule has 8 nitrogen and oxygen atoms in total. The second-order valence-electron chi connectivity index (χ2n) is 10.2. The van der Waals surface area contributed by atoms with E-state index in [1.54, 1.807) is 17.2 Å². The van der Waals surface area contributed by atoms with E-state index in [1.807, 2.05) is 42.5 Å². The summed E-state index contributed by atoms with van der Waals surface area (Å²) in [5.41, 5.74) is 6.61. The number of nitrogens with zero attached hydrogens (tertiary/aromatic N) is 4. The Morgan fingerprint density at radius 3 is 2.41 bits per heavy atom. The number of morpholine rings is 1. The quantitative estimate of drug-likeness (QED) is 0.462. The summed E-state index contributed by atoms with van der Waals surface area (Å²) in [5, 5.41) is 0.889. The van der Waals surface area contributed by atoms with Gasteiger partial charge in [-0.1, -0.05) is 59.6 Å². The van der Waals surface area contributed by atoms with Crippen LogP contribution in [0, 0.1) is 0 Å². The Labute approximate surface area is 238 Å². The smallest absolute Gasteiger partial charge is 0.274 e. The molecule has 204 valence electrons. The highest BCUT2D eigenvalue weighted by Crippen LogP contribution is 2.39. The largest absolute Gasteiger partial charge is 0.369 e.